The van der Waals surface area contributed by atoms with Crippen LogP contribution in [-0.4, -0.2) is 25.4 Å². The largest absolute Gasteiger partial charge is 0.494 e. The Bertz CT molecular complexity index is 390. The molecule has 5 heteroatoms. The molecule has 1 atom stereocenters. The zero-order valence-electron chi connectivity index (χ0n) is 12.7. The molecule has 1 rings (SSSR count). The van der Waals surface area contributed by atoms with Gasteiger partial charge in [0, 0.05) is 12.5 Å². The summed E-state index contributed by atoms with van der Waals surface area (Å²) >= 11 is 0. The molecule has 0 fully saturated rings. The molecule has 0 saturated carbocycles. The lowest BCUT2D eigenvalue weighted by molar-refractivity contribution is -0.136. The van der Waals surface area contributed by atoms with Crippen LogP contribution in [0.3, 0.4) is 0 Å². The fraction of sp³-hybridized carbons (Fsp3) is 0.625. The van der Waals surface area contributed by atoms with Crippen LogP contribution >= 0.6 is 0 Å². The van der Waals surface area contributed by atoms with Crippen LogP contribution in [0, 0.1) is 0 Å². The van der Waals surface area contributed by atoms with E-state index >= 15 is 0 Å². The van der Waals surface area contributed by atoms with Crippen LogP contribution in [0.1, 0.15) is 38.7 Å². The Kier molecular flexibility index (Phi) is 7.57. The highest BCUT2D eigenvalue weighted by atomic mass is 19.4. The number of hydrogen-bond donors (Lipinski definition) is 1. The molecule has 1 aromatic carbocycles. The van der Waals surface area contributed by atoms with E-state index in [0.29, 0.717) is 11.8 Å². The van der Waals surface area contributed by atoms with Crippen LogP contribution in [-0.2, 0) is 6.42 Å². The third kappa shape index (κ3) is 8.60. The van der Waals surface area contributed by atoms with Crippen molar-refractivity contribution in [3.63, 3.8) is 0 Å². The van der Waals surface area contributed by atoms with Crippen LogP contribution in [0.15, 0.2) is 24.3 Å². The molecule has 0 aliphatic heterocycles. The lowest BCUT2D eigenvalue weighted by Crippen LogP contribution is -2.28. The molecule has 0 aromatic heterocycles. The first kappa shape index (κ1) is 17.8. The summed E-state index contributed by atoms with van der Waals surface area (Å²) in [5.41, 5.74) is 1.19. The third-order valence-electron chi connectivity index (χ3n) is 3.08. The number of hydrogen-bond acceptors (Lipinski definition) is 2. The summed E-state index contributed by atoms with van der Waals surface area (Å²) in [6, 6.07) is 7.96. The molecule has 0 aliphatic rings. The van der Waals surface area contributed by atoms with Gasteiger partial charge in [-0.1, -0.05) is 19.1 Å². The first-order valence-electron chi connectivity index (χ1n) is 7.42. The van der Waals surface area contributed by atoms with Crippen molar-refractivity contribution in [1.82, 2.24) is 5.32 Å². The maximum Gasteiger partial charge on any atom is 0.389 e. The Hall–Kier alpha value is -1.23. The van der Waals surface area contributed by atoms with Crippen LogP contribution < -0.4 is 10.1 Å². The lowest BCUT2D eigenvalue weighted by atomic mass is 10.1. The molecule has 21 heavy (non-hydrogen) atoms. The number of halogens is 3. The topological polar surface area (TPSA) is 21.3 Å². The number of alkyl halides is 3. The molecule has 0 radical (unpaired) electrons. The Morgan fingerprint density at radius 1 is 1.19 bits per heavy atom. The van der Waals surface area contributed by atoms with E-state index in [1.165, 1.54) is 5.56 Å². The van der Waals surface area contributed by atoms with Gasteiger partial charge in [-0.15, -0.1) is 0 Å². The van der Waals surface area contributed by atoms with E-state index in [0.717, 1.165) is 19.4 Å². The Morgan fingerprint density at radius 3 is 2.43 bits per heavy atom. The Balaban J connectivity index is 2.30. The van der Waals surface area contributed by atoms with Crippen molar-refractivity contribution in [3.8, 4) is 5.75 Å². The quantitative estimate of drug-likeness (QED) is 0.685. The number of rotatable bonds is 9. The highest BCUT2D eigenvalue weighted by molar-refractivity contribution is 5.27. The van der Waals surface area contributed by atoms with Gasteiger partial charge in [-0.05, 0) is 50.4 Å². The standard InChI is InChI=1S/C16H24F3NO/c1-3-10-20-13(2)12-14-5-7-15(8-6-14)21-11-4-9-16(17,18)19/h5-8,13,20H,3-4,9-12H2,1-2H3. The molecule has 1 aromatic rings. The van der Waals surface area contributed by atoms with Gasteiger partial charge in [0.1, 0.15) is 5.75 Å². The van der Waals surface area contributed by atoms with Crippen molar-refractivity contribution in [1.29, 1.82) is 0 Å². The van der Waals surface area contributed by atoms with Gasteiger partial charge in [-0.2, -0.15) is 13.2 Å². The SMILES string of the molecule is CCCNC(C)Cc1ccc(OCCCC(F)(F)F)cc1. The van der Waals surface area contributed by atoms with Crippen molar-refractivity contribution >= 4 is 0 Å². The molecule has 0 bridgehead atoms. The molecule has 0 spiro atoms. The normalized spacial score (nSPS) is 13.2. The summed E-state index contributed by atoms with van der Waals surface area (Å²) in [5, 5.41) is 3.41. The second kappa shape index (κ2) is 8.93. The van der Waals surface area contributed by atoms with E-state index in [-0.39, 0.29) is 13.0 Å². The van der Waals surface area contributed by atoms with Crippen LogP contribution in [0.25, 0.3) is 0 Å². The number of ether oxygens (including phenoxy) is 1. The fourth-order valence-electron chi connectivity index (χ4n) is 2.00. The fourth-order valence-corrected chi connectivity index (χ4v) is 2.00. The zero-order valence-corrected chi connectivity index (χ0v) is 12.7. The summed E-state index contributed by atoms with van der Waals surface area (Å²) in [4.78, 5) is 0. The molecule has 1 unspecified atom stereocenters. The summed E-state index contributed by atoms with van der Waals surface area (Å²) in [6.07, 6.45) is -2.88. The molecule has 0 heterocycles. The average molecular weight is 303 g/mol. The molecule has 120 valence electrons. The molecular weight excluding hydrogens is 279 g/mol. The van der Waals surface area contributed by atoms with Gasteiger partial charge in [-0.3, -0.25) is 0 Å². The van der Waals surface area contributed by atoms with Gasteiger partial charge >= 0.3 is 6.18 Å². The van der Waals surface area contributed by atoms with Gasteiger partial charge in [0.15, 0.2) is 0 Å². The summed E-state index contributed by atoms with van der Waals surface area (Å²) in [7, 11) is 0. The van der Waals surface area contributed by atoms with Crippen LogP contribution in [0.2, 0.25) is 0 Å². The smallest absolute Gasteiger partial charge is 0.389 e. The van der Waals surface area contributed by atoms with E-state index in [9.17, 15) is 13.2 Å². The molecule has 0 amide bonds. The van der Waals surface area contributed by atoms with Crippen molar-refractivity contribution in [2.75, 3.05) is 13.2 Å². The van der Waals surface area contributed by atoms with Crippen LogP contribution in [0.4, 0.5) is 13.2 Å². The minimum Gasteiger partial charge on any atom is -0.494 e. The average Bonchev–Trinajstić information content (AvgIpc) is 2.42. The molecular formula is C16H24F3NO. The van der Waals surface area contributed by atoms with Gasteiger partial charge in [-0.25, -0.2) is 0 Å². The Morgan fingerprint density at radius 2 is 1.86 bits per heavy atom. The summed E-state index contributed by atoms with van der Waals surface area (Å²) < 4.78 is 41.3. The zero-order chi connectivity index (χ0) is 15.7. The molecule has 1 N–H and O–H groups in total. The maximum absolute atomic E-state index is 12.0. The van der Waals surface area contributed by atoms with Crippen LogP contribution in [0.5, 0.6) is 5.75 Å². The van der Waals surface area contributed by atoms with E-state index < -0.39 is 12.6 Å². The van der Waals surface area contributed by atoms with E-state index in [2.05, 4.69) is 19.2 Å². The lowest BCUT2D eigenvalue weighted by Gasteiger charge is -2.13. The second-order valence-corrected chi connectivity index (χ2v) is 5.27. The maximum atomic E-state index is 12.0. The van der Waals surface area contributed by atoms with Crippen molar-refractivity contribution < 1.29 is 17.9 Å². The highest BCUT2D eigenvalue weighted by Gasteiger charge is 2.26. The van der Waals surface area contributed by atoms with E-state index in [4.69, 9.17) is 4.74 Å². The van der Waals surface area contributed by atoms with Crippen molar-refractivity contribution in [2.24, 2.45) is 0 Å². The van der Waals surface area contributed by atoms with Gasteiger partial charge in [0.25, 0.3) is 0 Å². The molecule has 2 nitrogen and oxygen atoms in total. The van der Waals surface area contributed by atoms with E-state index in [1.807, 2.05) is 24.3 Å². The second-order valence-electron chi connectivity index (χ2n) is 5.27. The molecule has 0 saturated heterocycles. The predicted molar refractivity (Wildman–Crippen MR) is 78.7 cm³/mol. The highest BCUT2D eigenvalue weighted by Crippen LogP contribution is 2.21. The van der Waals surface area contributed by atoms with E-state index in [1.54, 1.807) is 0 Å². The third-order valence-corrected chi connectivity index (χ3v) is 3.08. The van der Waals surface area contributed by atoms with Crippen molar-refractivity contribution in [2.45, 2.75) is 51.7 Å². The molecule has 0 aliphatic carbocycles. The first-order valence-corrected chi connectivity index (χ1v) is 7.42. The minimum atomic E-state index is -4.10. The Labute approximate surface area is 124 Å². The van der Waals surface area contributed by atoms with Gasteiger partial charge < -0.3 is 10.1 Å². The first-order chi connectivity index (χ1) is 9.90. The van der Waals surface area contributed by atoms with Gasteiger partial charge in [0.05, 0.1) is 6.61 Å². The van der Waals surface area contributed by atoms with Gasteiger partial charge in [0.2, 0.25) is 0 Å². The summed E-state index contributed by atoms with van der Waals surface area (Å²) in [5.74, 6) is 0.620. The number of nitrogens with one attached hydrogen (secondary N) is 1. The van der Waals surface area contributed by atoms with Crippen molar-refractivity contribution in [3.05, 3.63) is 29.8 Å². The monoisotopic (exact) mass is 303 g/mol. The number of benzene rings is 1. The predicted octanol–water partition coefficient (Wildman–Crippen LogP) is 4.34. The minimum absolute atomic E-state index is 0.0107. The summed E-state index contributed by atoms with van der Waals surface area (Å²) in [6.45, 7) is 5.36.